The van der Waals surface area contributed by atoms with E-state index in [2.05, 4.69) is 15.3 Å². The first-order valence-corrected chi connectivity index (χ1v) is 11.2. The second-order valence-electron chi connectivity index (χ2n) is 7.03. The van der Waals surface area contributed by atoms with Gasteiger partial charge in [-0.15, -0.1) is 0 Å². The monoisotopic (exact) mass is 451 g/mol. The Morgan fingerprint density at radius 2 is 1.74 bits per heavy atom. The highest BCUT2D eigenvalue weighted by atomic mass is 32.2. The second kappa shape index (κ2) is 9.97. The Kier molecular flexibility index (Phi) is 7.34. The van der Waals surface area contributed by atoms with Crippen molar-refractivity contribution in [1.82, 2.24) is 9.73 Å². The van der Waals surface area contributed by atoms with Crippen LogP contribution in [0.2, 0.25) is 0 Å². The van der Waals surface area contributed by atoms with E-state index in [9.17, 15) is 22.0 Å². The summed E-state index contributed by atoms with van der Waals surface area (Å²) in [6, 6.07) is 11.6. The van der Waals surface area contributed by atoms with Crippen LogP contribution >= 0.6 is 0 Å². The first-order valence-electron chi connectivity index (χ1n) is 9.77. The van der Waals surface area contributed by atoms with Gasteiger partial charge in [-0.25, -0.2) is 13.8 Å². The first-order chi connectivity index (χ1) is 14.8. The Hall–Kier alpha value is -2.85. The third-order valence-corrected chi connectivity index (χ3v) is 6.77. The minimum Gasteiger partial charge on any atom is -0.435 e. The lowest BCUT2D eigenvalue weighted by Gasteiger charge is -2.25. The number of carbonyl (C=O) groups is 1. The van der Waals surface area contributed by atoms with Crippen molar-refractivity contribution in [3.63, 3.8) is 0 Å². The first kappa shape index (κ1) is 22.8. The number of nitrogens with zero attached hydrogens (tertiary/aromatic N) is 2. The van der Waals surface area contributed by atoms with Crippen LogP contribution in [-0.4, -0.2) is 44.0 Å². The van der Waals surface area contributed by atoms with Crippen molar-refractivity contribution < 1.29 is 26.7 Å². The van der Waals surface area contributed by atoms with Gasteiger partial charge in [-0.1, -0.05) is 12.5 Å². The highest BCUT2D eigenvalue weighted by Crippen LogP contribution is 2.21. The highest BCUT2D eigenvalue weighted by molar-refractivity contribution is 7.89. The van der Waals surface area contributed by atoms with E-state index in [1.54, 1.807) is 6.92 Å². The number of sulfonamides is 1. The molecule has 0 aromatic heterocycles. The number of alkyl halides is 2. The van der Waals surface area contributed by atoms with Crippen LogP contribution in [0.25, 0.3) is 0 Å². The van der Waals surface area contributed by atoms with E-state index >= 15 is 0 Å². The summed E-state index contributed by atoms with van der Waals surface area (Å²) >= 11 is 0. The molecule has 0 saturated carbocycles. The van der Waals surface area contributed by atoms with Gasteiger partial charge >= 0.3 is 6.61 Å². The van der Waals surface area contributed by atoms with E-state index in [0.29, 0.717) is 24.4 Å². The molecule has 1 aliphatic heterocycles. The fraction of sp³-hybridized carbons (Fsp3) is 0.333. The molecule has 2 aromatic carbocycles. The summed E-state index contributed by atoms with van der Waals surface area (Å²) in [5.41, 5.74) is 3.59. The number of amides is 1. The Morgan fingerprint density at radius 3 is 2.39 bits per heavy atom. The van der Waals surface area contributed by atoms with E-state index < -0.39 is 22.5 Å². The van der Waals surface area contributed by atoms with Gasteiger partial charge in [0.25, 0.3) is 5.91 Å². The molecule has 10 heteroatoms. The standard InChI is InChI=1S/C21H23F2N3O4S/c1-15(16-8-10-18(11-9-16)30-21(22)23)24-25-20(27)17-6-5-7-19(14-17)31(28,29)26-12-3-2-4-13-26/h5-11,14,21H,2-4,12-13H2,1H3,(H,25,27)/b24-15-. The van der Waals surface area contributed by atoms with Crippen LogP contribution in [0.1, 0.15) is 42.1 Å². The van der Waals surface area contributed by atoms with Gasteiger partial charge in [0.1, 0.15) is 5.75 Å². The Bertz CT molecular complexity index is 1050. The summed E-state index contributed by atoms with van der Waals surface area (Å²) < 4.78 is 55.8. The molecule has 0 bridgehead atoms. The van der Waals surface area contributed by atoms with Crippen LogP contribution in [0.5, 0.6) is 5.75 Å². The Morgan fingerprint density at radius 1 is 1.06 bits per heavy atom. The summed E-state index contributed by atoms with van der Waals surface area (Å²) in [6.45, 7) is -0.317. The van der Waals surface area contributed by atoms with Crippen molar-refractivity contribution in [2.24, 2.45) is 5.10 Å². The molecule has 1 aliphatic rings. The average molecular weight is 451 g/mol. The molecule has 1 N–H and O–H groups in total. The SMILES string of the molecule is C/C(=N/NC(=O)c1cccc(S(=O)(=O)N2CCCCC2)c1)c1ccc(OC(F)F)cc1. The number of halogens is 2. The van der Waals surface area contributed by atoms with Crippen molar-refractivity contribution in [2.75, 3.05) is 13.1 Å². The second-order valence-corrected chi connectivity index (χ2v) is 8.97. The Labute approximate surface area is 179 Å². The molecule has 1 heterocycles. The van der Waals surface area contributed by atoms with E-state index in [1.807, 2.05) is 0 Å². The van der Waals surface area contributed by atoms with Crippen LogP contribution in [-0.2, 0) is 10.0 Å². The van der Waals surface area contributed by atoms with Gasteiger partial charge in [0.2, 0.25) is 10.0 Å². The normalized spacial score (nSPS) is 15.7. The van der Waals surface area contributed by atoms with Crippen LogP contribution < -0.4 is 10.2 Å². The minimum absolute atomic E-state index is 0.0160. The number of carbonyl (C=O) groups excluding carboxylic acids is 1. The predicted octanol–water partition coefficient (Wildman–Crippen LogP) is 3.62. The third-order valence-electron chi connectivity index (χ3n) is 4.87. The molecule has 0 atom stereocenters. The number of hydrogen-bond donors (Lipinski definition) is 1. The molecule has 31 heavy (non-hydrogen) atoms. The maximum Gasteiger partial charge on any atom is 0.387 e. The summed E-state index contributed by atoms with van der Waals surface area (Å²) in [5.74, 6) is -0.546. The predicted molar refractivity (Wildman–Crippen MR) is 112 cm³/mol. The van der Waals surface area contributed by atoms with E-state index in [1.165, 1.54) is 52.8 Å². The van der Waals surface area contributed by atoms with Gasteiger partial charge in [-0.05, 0) is 67.8 Å². The fourth-order valence-electron chi connectivity index (χ4n) is 3.19. The van der Waals surface area contributed by atoms with Gasteiger partial charge in [0.05, 0.1) is 10.6 Å². The van der Waals surface area contributed by atoms with Crippen LogP contribution in [0.4, 0.5) is 8.78 Å². The number of benzene rings is 2. The maximum atomic E-state index is 12.8. The fourth-order valence-corrected chi connectivity index (χ4v) is 4.76. The zero-order valence-electron chi connectivity index (χ0n) is 16.9. The smallest absolute Gasteiger partial charge is 0.387 e. The van der Waals surface area contributed by atoms with Gasteiger partial charge in [-0.3, -0.25) is 4.79 Å². The van der Waals surface area contributed by atoms with Crippen molar-refractivity contribution in [3.05, 3.63) is 59.7 Å². The molecule has 1 saturated heterocycles. The molecule has 0 unspecified atom stereocenters. The topological polar surface area (TPSA) is 88.1 Å². The van der Waals surface area contributed by atoms with E-state index in [-0.39, 0.29) is 16.2 Å². The van der Waals surface area contributed by atoms with Crippen LogP contribution in [0.15, 0.2) is 58.5 Å². The maximum absolute atomic E-state index is 12.8. The van der Waals surface area contributed by atoms with Gasteiger partial charge < -0.3 is 4.74 Å². The molecule has 7 nitrogen and oxygen atoms in total. The van der Waals surface area contributed by atoms with E-state index in [4.69, 9.17) is 0 Å². The number of rotatable bonds is 7. The van der Waals surface area contributed by atoms with Crippen molar-refractivity contribution in [2.45, 2.75) is 37.7 Å². The molecular formula is C21H23F2N3O4S. The quantitative estimate of drug-likeness (QED) is 0.515. The van der Waals surface area contributed by atoms with Crippen molar-refractivity contribution >= 4 is 21.6 Å². The molecule has 2 aromatic rings. The van der Waals surface area contributed by atoms with Gasteiger partial charge in [0, 0.05) is 18.7 Å². The van der Waals surface area contributed by atoms with Gasteiger partial charge in [-0.2, -0.15) is 18.2 Å². The van der Waals surface area contributed by atoms with Crippen LogP contribution in [0.3, 0.4) is 0 Å². The van der Waals surface area contributed by atoms with Crippen molar-refractivity contribution in [1.29, 1.82) is 0 Å². The molecule has 0 radical (unpaired) electrons. The zero-order valence-corrected chi connectivity index (χ0v) is 17.7. The lowest BCUT2D eigenvalue weighted by atomic mass is 10.1. The molecular weight excluding hydrogens is 428 g/mol. The number of ether oxygens (including phenoxy) is 1. The summed E-state index contributed by atoms with van der Waals surface area (Å²) in [6.07, 6.45) is 2.65. The Balaban J connectivity index is 1.69. The largest absolute Gasteiger partial charge is 0.435 e. The van der Waals surface area contributed by atoms with E-state index in [0.717, 1.165) is 19.3 Å². The van der Waals surface area contributed by atoms with Crippen molar-refractivity contribution in [3.8, 4) is 5.75 Å². The molecule has 166 valence electrons. The lowest BCUT2D eigenvalue weighted by molar-refractivity contribution is -0.0498. The minimum atomic E-state index is -3.65. The molecule has 1 fully saturated rings. The molecule has 1 amide bonds. The average Bonchev–Trinajstić information content (AvgIpc) is 2.78. The number of hydrazone groups is 1. The number of piperidine rings is 1. The molecule has 0 spiro atoms. The number of hydrogen-bond acceptors (Lipinski definition) is 5. The number of nitrogens with one attached hydrogen (secondary N) is 1. The summed E-state index contributed by atoms with van der Waals surface area (Å²) in [5, 5.41) is 4.01. The highest BCUT2D eigenvalue weighted by Gasteiger charge is 2.26. The molecule has 3 rings (SSSR count). The summed E-state index contributed by atoms with van der Waals surface area (Å²) in [4.78, 5) is 12.5. The van der Waals surface area contributed by atoms with Gasteiger partial charge in [0.15, 0.2) is 0 Å². The van der Waals surface area contributed by atoms with Crippen LogP contribution in [0, 0.1) is 0 Å². The lowest BCUT2D eigenvalue weighted by Crippen LogP contribution is -2.35. The zero-order chi connectivity index (χ0) is 22.4. The summed E-state index contributed by atoms with van der Waals surface area (Å²) in [7, 11) is -3.65. The third kappa shape index (κ3) is 5.86. The molecule has 0 aliphatic carbocycles.